The number of nitrogens with zero attached hydrogens (tertiary/aromatic N) is 2. The number of aromatic nitrogens is 2. The number of rotatable bonds is 7. The molecular formula is C20H27N3O6S. The van der Waals surface area contributed by atoms with Gasteiger partial charge in [-0.3, -0.25) is 9.69 Å². The Morgan fingerprint density at radius 1 is 1.27 bits per heavy atom. The highest BCUT2D eigenvalue weighted by molar-refractivity contribution is 7.20. The van der Waals surface area contributed by atoms with Gasteiger partial charge in [-0.05, 0) is 38.4 Å². The summed E-state index contributed by atoms with van der Waals surface area (Å²) in [6, 6.07) is 0. The highest BCUT2D eigenvalue weighted by Crippen LogP contribution is 2.29. The number of thiophene rings is 1. The summed E-state index contributed by atoms with van der Waals surface area (Å²) in [7, 11) is 1.54. The standard InChI is InChI=1S/C20H27N3O6S/c1-12-15-17(24)21-14(22-18(15)30-16(12)19(25)27-8-7-26-2)11-23-5-3-13(4-6-23)20-28-9-10-29-20/h13,20H,3-11H2,1-2H3,(H,21,22,24). The van der Waals surface area contributed by atoms with E-state index in [0.717, 1.165) is 25.9 Å². The maximum Gasteiger partial charge on any atom is 0.348 e. The number of piperidine rings is 1. The van der Waals surface area contributed by atoms with Crippen molar-refractivity contribution in [1.29, 1.82) is 0 Å². The van der Waals surface area contributed by atoms with Gasteiger partial charge in [0.25, 0.3) is 5.56 Å². The molecule has 0 amide bonds. The zero-order valence-electron chi connectivity index (χ0n) is 17.3. The predicted molar refractivity (Wildman–Crippen MR) is 111 cm³/mol. The van der Waals surface area contributed by atoms with Crippen LogP contribution in [0.15, 0.2) is 4.79 Å². The largest absolute Gasteiger partial charge is 0.459 e. The quantitative estimate of drug-likeness (QED) is 0.516. The summed E-state index contributed by atoms with van der Waals surface area (Å²) >= 11 is 1.20. The Morgan fingerprint density at radius 3 is 2.70 bits per heavy atom. The molecule has 0 aliphatic carbocycles. The molecule has 4 heterocycles. The summed E-state index contributed by atoms with van der Waals surface area (Å²) in [6.07, 6.45) is 1.91. The molecule has 10 heteroatoms. The Kier molecular flexibility index (Phi) is 6.79. The molecule has 0 bridgehead atoms. The van der Waals surface area contributed by atoms with Crippen LogP contribution in [-0.2, 0) is 25.5 Å². The molecule has 2 aromatic rings. The van der Waals surface area contributed by atoms with Crippen LogP contribution in [0.4, 0.5) is 0 Å². The molecule has 0 saturated carbocycles. The number of hydrogen-bond acceptors (Lipinski definition) is 9. The molecule has 2 aliphatic heterocycles. The molecule has 4 rings (SSSR count). The molecule has 0 unspecified atom stereocenters. The molecule has 0 radical (unpaired) electrons. The van der Waals surface area contributed by atoms with Crippen molar-refractivity contribution >= 4 is 27.5 Å². The number of nitrogens with one attached hydrogen (secondary N) is 1. The number of likely N-dealkylation sites (tertiary alicyclic amines) is 1. The normalized spacial score (nSPS) is 19.0. The summed E-state index contributed by atoms with van der Waals surface area (Å²) < 4.78 is 21.4. The number of esters is 1. The molecule has 0 aromatic carbocycles. The number of methoxy groups -OCH3 is 1. The van der Waals surface area contributed by atoms with Crippen LogP contribution >= 0.6 is 11.3 Å². The van der Waals surface area contributed by atoms with E-state index in [1.165, 1.54) is 11.3 Å². The van der Waals surface area contributed by atoms with Crippen molar-refractivity contribution in [3.8, 4) is 0 Å². The second-order valence-electron chi connectivity index (χ2n) is 7.60. The van der Waals surface area contributed by atoms with Crippen LogP contribution in [0.2, 0.25) is 0 Å². The fraction of sp³-hybridized carbons (Fsp3) is 0.650. The number of carbonyl (C=O) groups excluding carboxylic acids is 1. The maximum absolute atomic E-state index is 12.7. The Bertz CT molecular complexity index is 944. The summed E-state index contributed by atoms with van der Waals surface area (Å²) in [5.41, 5.74) is 0.387. The van der Waals surface area contributed by atoms with Gasteiger partial charge in [0.05, 0.1) is 31.8 Å². The van der Waals surface area contributed by atoms with Crippen molar-refractivity contribution in [3.63, 3.8) is 0 Å². The second kappa shape index (κ2) is 9.52. The smallest absolute Gasteiger partial charge is 0.348 e. The first-order chi connectivity index (χ1) is 14.6. The number of aryl methyl sites for hydroxylation is 1. The highest BCUT2D eigenvalue weighted by atomic mass is 32.1. The second-order valence-corrected chi connectivity index (χ2v) is 8.60. The molecule has 2 aromatic heterocycles. The molecule has 9 nitrogen and oxygen atoms in total. The third-order valence-corrected chi connectivity index (χ3v) is 6.76. The van der Waals surface area contributed by atoms with Crippen LogP contribution in [0, 0.1) is 12.8 Å². The third kappa shape index (κ3) is 4.57. The molecule has 0 atom stereocenters. The van der Waals surface area contributed by atoms with E-state index in [1.54, 1.807) is 14.0 Å². The summed E-state index contributed by atoms with van der Waals surface area (Å²) in [6.45, 7) is 5.97. The molecule has 0 spiro atoms. The van der Waals surface area contributed by atoms with Gasteiger partial charge < -0.3 is 23.9 Å². The van der Waals surface area contributed by atoms with Crippen LogP contribution < -0.4 is 5.56 Å². The van der Waals surface area contributed by atoms with Crippen molar-refractivity contribution in [3.05, 3.63) is 26.6 Å². The van der Waals surface area contributed by atoms with E-state index in [4.69, 9.17) is 18.9 Å². The molecule has 2 aliphatic rings. The Labute approximate surface area is 178 Å². The third-order valence-electron chi connectivity index (χ3n) is 5.59. The topological polar surface area (TPSA) is 103 Å². The van der Waals surface area contributed by atoms with E-state index in [-0.39, 0.29) is 18.5 Å². The van der Waals surface area contributed by atoms with Crippen molar-refractivity contribution < 1.29 is 23.7 Å². The maximum atomic E-state index is 12.7. The minimum atomic E-state index is -0.452. The minimum absolute atomic E-state index is 0.0717. The van der Waals surface area contributed by atoms with Gasteiger partial charge in [0.1, 0.15) is 22.1 Å². The summed E-state index contributed by atoms with van der Waals surface area (Å²) in [5, 5.41) is 0.455. The lowest BCUT2D eigenvalue weighted by molar-refractivity contribution is -0.0978. The van der Waals surface area contributed by atoms with Crippen molar-refractivity contribution in [2.75, 3.05) is 46.6 Å². The van der Waals surface area contributed by atoms with Crippen LogP contribution in [0.3, 0.4) is 0 Å². The zero-order valence-corrected chi connectivity index (χ0v) is 18.1. The summed E-state index contributed by atoms with van der Waals surface area (Å²) in [4.78, 5) is 35.8. The van der Waals surface area contributed by atoms with E-state index < -0.39 is 5.97 Å². The number of H-pyrrole nitrogens is 1. The van der Waals surface area contributed by atoms with E-state index in [2.05, 4.69) is 14.9 Å². The monoisotopic (exact) mass is 437 g/mol. The number of ether oxygens (including phenoxy) is 4. The number of aromatic amines is 1. The van der Waals surface area contributed by atoms with Crippen molar-refractivity contribution in [2.45, 2.75) is 32.6 Å². The Hall–Kier alpha value is -1.85. The van der Waals surface area contributed by atoms with Crippen molar-refractivity contribution in [1.82, 2.24) is 14.9 Å². The van der Waals surface area contributed by atoms with Gasteiger partial charge in [0, 0.05) is 13.0 Å². The fourth-order valence-corrected chi connectivity index (χ4v) is 5.08. The Balaban J connectivity index is 1.44. The first-order valence-corrected chi connectivity index (χ1v) is 11.0. The van der Waals surface area contributed by atoms with E-state index >= 15 is 0 Å². The molecule has 2 fully saturated rings. The average Bonchev–Trinajstić information content (AvgIpc) is 3.37. The summed E-state index contributed by atoms with van der Waals surface area (Å²) in [5.74, 6) is 0.580. The van der Waals surface area contributed by atoms with Crippen LogP contribution in [0.5, 0.6) is 0 Å². The first kappa shape index (κ1) is 21.4. The van der Waals surface area contributed by atoms with Crippen LogP contribution in [0.25, 0.3) is 10.2 Å². The lowest BCUT2D eigenvalue weighted by Gasteiger charge is -2.33. The lowest BCUT2D eigenvalue weighted by atomic mass is 9.96. The molecule has 164 valence electrons. The lowest BCUT2D eigenvalue weighted by Crippen LogP contribution is -2.38. The fourth-order valence-electron chi connectivity index (χ4n) is 3.99. The van der Waals surface area contributed by atoms with Gasteiger partial charge in [0.15, 0.2) is 6.29 Å². The van der Waals surface area contributed by atoms with Gasteiger partial charge >= 0.3 is 5.97 Å². The zero-order chi connectivity index (χ0) is 21.1. The minimum Gasteiger partial charge on any atom is -0.459 e. The number of hydrogen-bond donors (Lipinski definition) is 1. The van der Waals surface area contributed by atoms with Gasteiger partial charge in [0.2, 0.25) is 0 Å². The average molecular weight is 438 g/mol. The number of carbonyl (C=O) groups is 1. The highest BCUT2D eigenvalue weighted by Gasteiger charge is 2.30. The molecule has 30 heavy (non-hydrogen) atoms. The predicted octanol–water partition coefficient (Wildman–Crippen LogP) is 1.68. The SMILES string of the molecule is COCCOC(=O)c1sc2nc(CN3CCC(C4OCCO4)CC3)[nH]c(=O)c2c1C. The molecular weight excluding hydrogens is 410 g/mol. The number of fused-ring (bicyclic) bond motifs is 1. The van der Waals surface area contributed by atoms with Crippen LogP contribution in [-0.4, -0.2) is 73.8 Å². The van der Waals surface area contributed by atoms with Gasteiger partial charge in [-0.2, -0.15) is 0 Å². The van der Waals surface area contributed by atoms with Crippen molar-refractivity contribution in [2.24, 2.45) is 5.92 Å². The van der Waals surface area contributed by atoms with Gasteiger partial charge in [-0.1, -0.05) is 0 Å². The van der Waals surface area contributed by atoms with E-state index in [0.29, 0.717) is 58.8 Å². The molecule has 2 saturated heterocycles. The van der Waals surface area contributed by atoms with E-state index in [1.807, 2.05) is 0 Å². The van der Waals surface area contributed by atoms with Crippen LogP contribution in [0.1, 0.15) is 33.9 Å². The van der Waals surface area contributed by atoms with E-state index in [9.17, 15) is 9.59 Å². The molecule has 1 N–H and O–H groups in total. The van der Waals surface area contributed by atoms with Gasteiger partial charge in [-0.15, -0.1) is 11.3 Å². The van der Waals surface area contributed by atoms with Gasteiger partial charge in [-0.25, -0.2) is 9.78 Å². The Morgan fingerprint density at radius 2 is 2.00 bits per heavy atom. The first-order valence-electron chi connectivity index (χ1n) is 10.2.